The Hall–Kier alpha value is -2.51. The lowest BCUT2D eigenvalue weighted by Crippen LogP contribution is -2.39. The average Bonchev–Trinajstić information content (AvgIpc) is 3.04. The smallest absolute Gasteiger partial charge is 0.158 e. The van der Waals surface area contributed by atoms with Crippen LogP contribution in [0.5, 0.6) is 0 Å². The summed E-state index contributed by atoms with van der Waals surface area (Å²) in [6, 6.07) is 7.35. The van der Waals surface area contributed by atoms with Crippen LogP contribution in [0.15, 0.2) is 36.8 Å². The number of hydrogen-bond donors (Lipinski definition) is 2. The van der Waals surface area contributed by atoms with Gasteiger partial charge in [0.05, 0.1) is 5.69 Å². The van der Waals surface area contributed by atoms with Gasteiger partial charge in [0.25, 0.3) is 0 Å². The maximum absolute atomic E-state index is 14.2. The summed E-state index contributed by atoms with van der Waals surface area (Å²) in [5, 5.41) is 7.42. The Morgan fingerprint density at radius 3 is 2.88 bits per heavy atom. The number of nitrogens with zero attached hydrogens (tertiary/aromatic N) is 4. The van der Waals surface area contributed by atoms with Gasteiger partial charge in [-0.2, -0.15) is 5.10 Å². The second-order valence-electron chi connectivity index (χ2n) is 6.96. The minimum atomic E-state index is -0.300. The van der Waals surface area contributed by atoms with Gasteiger partial charge in [-0.15, -0.1) is 0 Å². The van der Waals surface area contributed by atoms with E-state index in [9.17, 15) is 4.39 Å². The molecule has 0 saturated carbocycles. The van der Waals surface area contributed by atoms with E-state index in [1.165, 1.54) is 12.4 Å². The summed E-state index contributed by atoms with van der Waals surface area (Å²) in [5.74, 6) is 0.309. The Bertz CT molecular complexity index is 914. The van der Waals surface area contributed by atoms with E-state index in [0.29, 0.717) is 17.5 Å². The molecule has 3 N–H and O–H groups in total. The maximum atomic E-state index is 14.2. The molecule has 2 aromatic heterocycles. The molecule has 1 fully saturated rings. The molecule has 1 aliphatic heterocycles. The van der Waals surface area contributed by atoms with Crippen molar-refractivity contribution >= 4 is 17.0 Å². The van der Waals surface area contributed by atoms with Crippen LogP contribution < -0.4 is 11.1 Å². The van der Waals surface area contributed by atoms with Gasteiger partial charge in [0.1, 0.15) is 17.7 Å². The predicted octanol–water partition coefficient (Wildman–Crippen LogP) is 2.84. The Kier molecular flexibility index (Phi) is 4.57. The van der Waals surface area contributed by atoms with Gasteiger partial charge in [-0.3, -0.25) is 4.90 Å². The highest BCUT2D eigenvalue weighted by Crippen LogP contribution is 2.26. The molecule has 1 aliphatic rings. The summed E-state index contributed by atoms with van der Waals surface area (Å²) < 4.78 is 15.9. The maximum Gasteiger partial charge on any atom is 0.158 e. The number of piperidine rings is 1. The molecule has 0 bridgehead atoms. The van der Waals surface area contributed by atoms with Crippen molar-refractivity contribution in [3.05, 3.63) is 53.7 Å². The Morgan fingerprint density at radius 2 is 2.08 bits per heavy atom. The first kappa shape index (κ1) is 16.9. The third-order valence-corrected chi connectivity index (χ3v) is 4.94. The lowest BCUT2D eigenvalue weighted by Gasteiger charge is -2.29. The average molecular weight is 354 g/mol. The molecule has 0 unspecified atom stereocenters. The highest BCUT2D eigenvalue weighted by atomic mass is 19.1. The lowest BCUT2D eigenvalue weighted by atomic mass is 10.1. The van der Waals surface area contributed by atoms with Crippen LogP contribution in [0.1, 0.15) is 24.0 Å². The van der Waals surface area contributed by atoms with Crippen LogP contribution in [0.3, 0.4) is 0 Å². The van der Waals surface area contributed by atoms with E-state index in [1.54, 1.807) is 16.6 Å². The van der Waals surface area contributed by atoms with E-state index in [0.717, 1.165) is 49.1 Å². The van der Waals surface area contributed by atoms with Crippen molar-refractivity contribution in [1.82, 2.24) is 19.5 Å². The largest absolute Gasteiger partial charge is 0.336 e. The van der Waals surface area contributed by atoms with Crippen molar-refractivity contribution in [2.45, 2.75) is 32.4 Å². The molecule has 4 rings (SSSR count). The third-order valence-electron chi connectivity index (χ3n) is 4.94. The van der Waals surface area contributed by atoms with Gasteiger partial charge in [-0.1, -0.05) is 6.07 Å². The van der Waals surface area contributed by atoms with E-state index < -0.39 is 0 Å². The zero-order valence-corrected chi connectivity index (χ0v) is 14.8. The lowest BCUT2D eigenvalue weighted by molar-refractivity contribution is 0.206. The highest BCUT2D eigenvalue weighted by molar-refractivity contribution is 5.76. The molecule has 0 amide bonds. The van der Waals surface area contributed by atoms with Crippen LogP contribution in [0.4, 0.5) is 15.9 Å². The number of benzene rings is 1. The van der Waals surface area contributed by atoms with E-state index in [2.05, 4.69) is 26.4 Å². The molecule has 6 nitrogen and oxygen atoms in total. The molecule has 136 valence electrons. The van der Waals surface area contributed by atoms with Gasteiger partial charge in [0.2, 0.25) is 0 Å². The van der Waals surface area contributed by atoms with Crippen molar-refractivity contribution in [3.8, 4) is 0 Å². The van der Waals surface area contributed by atoms with E-state index in [4.69, 9.17) is 5.73 Å². The molecule has 0 aliphatic carbocycles. The number of nitrogens with one attached hydrogen (secondary N) is 1. The fourth-order valence-corrected chi connectivity index (χ4v) is 3.45. The Balaban J connectivity index is 1.65. The van der Waals surface area contributed by atoms with Crippen molar-refractivity contribution in [2.24, 2.45) is 5.73 Å². The first-order valence-corrected chi connectivity index (χ1v) is 8.92. The number of fused-ring (bicyclic) bond motifs is 1. The van der Waals surface area contributed by atoms with Crippen LogP contribution >= 0.6 is 0 Å². The Morgan fingerprint density at radius 1 is 1.27 bits per heavy atom. The summed E-state index contributed by atoms with van der Waals surface area (Å²) in [7, 11) is 0. The molecular formula is C19H23FN6. The molecule has 0 atom stereocenters. The zero-order chi connectivity index (χ0) is 18.1. The predicted molar refractivity (Wildman–Crippen MR) is 99.9 cm³/mol. The van der Waals surface area contributed by atoms with Crippen molar-refractivity contribution in [3.63, 3.8) is 0 Å². The summed E-state index contributed by atoms with van der Waals surface area (Å²) in [6.07, 6.45) is 5.43. The highest BCUT2D eigenvalue weighted by Gasteiger charge is 2.19. The number of aromatic nitrogens is 3. The van der Waals surface area contributed by atoms with Crippen LogP contribution in [0.2, 0.25) is 0 Å². The van der Waals surface area contributed by atoms with Crippen molar-refractivity contribution in [2.75, 3.05) is 18.4 Å². The molecule has 0 radical (unpaired) electrons. The molecular weight excluding hydrogens is 331 g/mol. The minimum Gasteiger partial charge on any atom is -0.336 e. The molecule has 1 aromatic carbocycles. The van der Waals surface area contributed by atoms with Gasteiger partial charge >= 0.3 is 0 Å². The summed E-state index contributed by atoms with van der Waals surface area (Å²) in [5.41, 5.74) is 9.40. The molecule has 1 saturated heterocycles. The second kappa shape index (κ2) is 7.01. The standard InChI is InChI=1S/C19H23FN6/c1-13-2-3-16(20)17(10-13)24-19-18-14(4-9-26(18)23-12-22-19)11-25-7-5-15(21)6-8-25/h2-4,9-10,12,15H,5-8,11,21H2,1H3,(H,22,23,24). The van der Waals surface area contributed by atoms with Crippen LogP contribution in [0.25, 0.3) is 5.52 Å². The molecule has 3 aromatic rings. The SMILES string of the molecule is Cc1ccc(F)c(Nc2ncnn3ccc(CN4CCC(N)CC4)c23)c1. The van der Waals surface area contributed by atoms with Crippen molar-refractivity contribution in [1.29, 1.82) is 0 Å². The summed E-state index contributed by atoms with van der Waals surface area (Å²) in [6.45, 7) is 4.72. The van der Waals surface area contributed by atoms with Gasteiger partial charge in [-0.25, -0.2) is 13.9 Å². The first-order valence-electron chi connectivity index (χ1n) is 8.92. The normalized spacial score (nSPS) is 16.3. The van der Waals surface area contributed by atoms with Gasteiger partial charge in [0, 0.05) is 18.8 Å². The number of nitrogens with two attached hydrogens (primary N) is 1. The topological polar surface area (TPSA) is 71.5 Å². The minimum absolute atomic E-state index is 0.300. The monoisotopic (exact) mass is 354 g/mol. The number of anilines is 2. The Labute approximate surface area is 151 Å². The summed E-state index contributed by atoms with van der Waals surface area (Å²) in [4.78, 5) is 6.75. The number of halogens is 1. The third kappa shape index (κ3) is 3.40. The van der Waals surface area contributed by atoms with E-state index in [1.807, 2.05) is 13.1 Å². The van der Waals surface area contributed by atoms with E-state index >= 15 is 0 Å². The summed E-state index contributed by atoms with van der Waals surface area (Å²) >= 11 is 0. The molecule has 3 heterocycles. The van der Waals surface area contributed by atoms with Crippen LogP contribution in [0, 0.1) is 12.7 Å². The van der Waals surface area contributed by atoms with Crippen molar-refractivity contribution < 1.29 is 4.39 Å². The van der Waals surface area contributed by atoms with E-state index in [-0.39, 0.29) is 5.82 Å². The van der Waals surface area contributed by atoms with Crippen LogP contribution in [-0.2, 0) is 6.54 Å². The number of likely N-dealkylation sites (tertiary alicyclic amines) is 1. The quantitative estimate of drug-likeness (QED) is 0.754. The second-order valence-corrected chi connectivity index (χ2v) is 6.96. The zero-order valence-electron chi connectivity index (χ0n) is 14.8. The fraction of sp³-hybridized carbons (Fsp3) is 0.368. The van der Waals surface area contributed by atoms with Crippen LogP contribution in [-0.4, -0.2) is 38.6 Å². The number of rotatable bonds is 4. The fourth-order valence-electron chi connectivity index (χ4n) is 3.45. The number of aryl methyl sites for hydroxylation is 1. The van der Waals surface area contributed by atoms with Gasteiger partial charge in [-0.05, 0) is 62.2 Å². The van der Waals surface area contributed by atoms with Gasteiger partial charge in [0.15, 0.2) is 5.82 Å². The van der Waals surface area contributed by atoms with Gasteiger partial charge < -0.3 is 11.1 Å². The first-order chi connectivity index (χ1) is 12.6. The molecule has 0 spiro atoms. The molecule has 26 heavy (non-hydrogen) atoms. The number of hydrogen-bond acceptors (Lipinski definition) is 5. The molecule has 7 heteroatoms.